The minimum absolute atomic E-state index is 0.0699. The number of benzene rings is 1. The molecule has 5 rings (SSSR count). The molecule has 5 nitrogen and oxygen atoms in total. The molecular formula is C23H22ClF2N3O2. The number of carbonyl (C=O) groups is 1. The van der Waals surface area contributed by atoms with Crippen LogP contribution >= 0.6 is 11.6 Å². The molecule has 3 heterocycles. The van der Waals surface area contributed by atoms with E-state index >= 15 is 8.78 Å². The second-order valence-electron chi connectivity index (χ2n) is 8.73. The number of amides is 1. The molecule has 0 spiro atoms. The second kappa shape index (κ2) is 6.42. The van der Waals surface area contributed by atoms with E-state index in [2.05, 4.69) is 0 Å². The van der Waals surface area contributed by atoms with Gasteiger partial charge in [-0.25, -0.2) is 8.78 Å². The molecule has 2 atom stereocenters. The molecule has 1 aliphatic carbocycles. The number of carbonyl (C=O) groups excluding carboxylic acids is 1. The topological polar surface area (TPSA) is 47.2 Å². The average Bonchev–Trinajstić information content (AvgIpc) is 3.02. The Bertz CT molecular complexity index is 1310. The van der Waals surface area contributed by atoms with E-state index in [1.807, 2.05) is 6.92 Å². The summed E-state index contributed by atoms with van der Waals surface area (Å²) >= 11 is 6.26. The predicted octanol–water partition coefficient (Wildman–Crippen LogP) is 3.89. The highest BCUT2D eigenvalue weighted by molar-refractivity contribution is 6.31. The lowest BCUT2D eigenvalue weighted by Gasteiger charge is -2.30. The van der Waals surface area contributed by atoms with Crippen molar-refractivity contribution in [1.82, 2.24) is 14.0 Å². The first-order valence-corrected chi connectivity index (χ1v) is 10.6. The maximum Gasteiger partial charge on any atom is 0.263 e. The molecule has 0 N–H and O–H groups in total. The van der Waals surface area contributed by atoms with Crippen molar-refractivity contribution in [1.29, 1.82) is 0 Å². The number of nitrogens with zero attached hydrogens (tertiary/aromatic N) is 3. The number of halogens is 3. The number of fused-ring (bicyclic) bond motifs is 2. The molecule has 0 bridgehead atoms. The summed E-state index contributed by atoms with van der Waals surface area (Å²) in [4.78, 5) is 27.6. The Balaban J connectivity index is 1.52. The van der Waals surface area contributed by atoms with Crippen molar-refractivity contribution in [2.45, 2.75) is 24.7 Å². The Hall–Kier alpha value is -2.67. The van der Waals surface area contributed by atoms with E-state index in [0.717, 1.165) is 5.56 Å². The van der Waals surface area contributed by atoms with E-state index in [-0.39, 0.29) is 36.5 Å². The molecule has 1 saturated carbocycles. The number of hydrogen-bond donors (Lipinski definition) is 0. The quantitative estimate of drug-likeness (QED) is 0.601. The van der Waals surface area contributed by atoms with Gasteiger partial charge in [0.25, 0.3) is 17.4 Å². The van der Waals surface area contributed by atoms with E-state index in [4.69, 9.17) is 11.6 Å². The van der Waals surface area contributed by atoms with Crippen LogP contribution in [0.2, 0.25) is 5.02 Å². The number of hydrogen-bond acceptors (Lipinski definition) is 2. The molecule has 2 unspecified atom stereocenters. The normalized spacial score (nSPS) is 24.3. The highest BCUT2D eigenvalue weighted by Gasteiger charge is 2.82. The Morgan fingerprint density at radius 3 is 2.55 bits per heavy atom. The number of aryl methyl sites for hydroxylation is 3. The van der Waals surface area contributed by atoms with Crippen molar-refractivity contribution in [3.05, 3.63) is 68.7 Å². The molecule has 162 valence electrons. The van der Waals surface area contributed by atoms with Crippen LogP contribution in [0.1, 0.15) is 27.9 Å². The Morgan fingerprint density at radius 2 is 1.87 bits per heavy atom. The van der Waals surface area contributed by atoms with Crippen LogP contribution in [0.3, 0.4) is 0 Å². The summed E-state index contributed by atoms with van der Waals surface area (Å²) in [6.07, 6.45) is 3.48. The van der Waals surface area contributed by atoms with Gasteiger partial charge in [0, 0.05) is 44.6 Å². The maximum atomic E-state index is 15.0. The van der Waals surface area contributed by atoms with Crippen molar-refractivity contribution in [3.8, 4) is 0 Å². The third-order valence-corrected chi connectivity index (χ3v) is 7.40. The van der Waals surface area contributed by atoms with Crippen LogP contribution in [0.25, 0.3) is 10.9 Å². The number of piperidine rings is 1. The van der Waals surface area contributed by atoms with E-state index in [9.17, 15) is 9.59 Å². The summed E-state index contributed by atoms with van der Waals surface area (Å²) in [6, 6.07) is 6.72. The molecule has 1 aromatic carbocycles. The Labute approximate surface area is 182 Å². The van der Waals surface area contributed by atoms with E-state index < -0.39 is 17.3 Å². The van der Waals surface area contributed by atoms with Gasteiger partial charge < -0.3 is 14.0 Å². The number of alkyl halides is 2. The monoisotopic (exact) mass is 445 g/mol. The summed E-state index contributed by atoms with van der Waals surface area (Å²) in [5.41, 5.74) is 0.663. The molecule has 3 aromatic rings. The van der Waals surface area contributed by atoms with Crippen LogP contribution < -0.4 is 5.56 Å². The minimum Gasteiger partial charge on any atom is -0.349 e. The van der Waals surface area contributed by atoms with Crippen molar-refractivity contribution in [3.63, 3.8) is 0 Å². The fourth-order valence-electron chi connectivity index (χ4n) is 5.51. The van der Waals surface area contributed by atoms with Gasteiger partial charge in [-0.2, -0.15) is 0 Å². The molecule has 2 aromatic heterocycles. The van der Waals surface area contributed by atoms with Gasteiger partial charge in [-0.15, -0.1) is 0 Å². The van der Waals surface area contributed by atoms with Crippen LogP contribution in [-0.4, -0.2) is 39.0 Å². The van der Waals surface area contributed by atoms with Gasteiger partial charge in [0.05, 0.1) is 27.8 Å². The third-order valence-electron chi connectivity index (χ3n) is 7.07. The predicted molar refractivity (Wildman–Crippen MR) is 115 cm³/mol. The summed E-state index contributed by atoms with van der Waals surface area (Å²) < 4.78 is 33.3. The molecule has 2 aliphatic rings. The molecule has 8 heteroatoms. The Morgan fingerprint density at radius 1 is 1.16 bits per heavy atom. The zero-order valence-electron chi connectivity index (χ0n) is 17.5. The van der Waals surface area contributed by atoms with E-state index in [1.165, 1.54) is 9.47 Å². The van der Waals surface area contributed by atoms with Gasteiger partial charge in [0.1, 0.15) is 0 Å². The number of rotatable bonds is 2. The summed E-state index contributed by atoms with van der Waals surface area (Å²) in [7, 11) is 3.42. The van der Waals surface area contributed by atoms with Crippen molar-refractivity contribution in [2.24, 2.45) is 20.0 Å². The summed E-state index contributed by atoms with van der Waals surface area (Å²) in [5.74, 6) is -4.31. The first-order chi connectivity index (χ1) is 14.6. The number of likely N-dealkylation sites (tertiary alicyclic amines) is 1. The molecule has 1 saturated heterocycles. The highest BCUT2D eigenvalue weighted by atomic mass is 35.5. The molecule has 31 heavy (non-hydrogen) atoms. The molecular weight excluding hydrogens is 424 g/mol. The van der Waals surface area contributed by atoms with Crippen molar-refractivity contribution in [2.75, 3.05) is 13.1 Å². The molecule has 2 fully saturated rings. The van der Waals surface area contributed by atoms with Gasteiger partial charge >= 0.3 is 0 Å². The second-order valence-corrected chi connectivity index (χ2v) is 9.14. The standard InChI is InChI=1S/C23H22ClF2N3O2/c1-13-10-28(3)21(31)18-14(11-27(2)19(13)18)20(30)29-9-8-22(17(12-29)23(22,25)26)15-6-4-5-7-16(15)24/h4-7,10-11,17H,8-9,12H2,1-3H3. The van der Waals surface area contributed by atoms with E-state index in [0.29, 0.717) is 21.5 Å². The van der Waals surface area contributed by atoms with Gasteiger partial charge in [0.2, 0.25) is 0 Å². The van der Waals surface area contributed by atoms with Crippen molar-refractivity contribution < 1.29 is 13.6 Å². The fourth-order valence-corrected chi connectivity index (χ4v) is 5.82. The van der Waals surface area contributed by atoms with Crippen LogP contribution in [0.15, 0.2) is 41.5 Å². The Kier molecular flexibility index (Phi) is 4.19. The van der Waals surface area contributed by atoms with E-state index in [1.54, 1.807) is 55.3 Å². The lowest BCUT2D eigenvalue weighted by atomic mass is 9.86. The van der Waals surface area contributed by atoms with Crippen LogP contribution in [0, 0.1) is 12.8 Å². The van der Waals surface area contributed by atoms with Gasteiger partial charge in [-0.3, -0.25) is 9.59 Å². The third kappa shape index (κ3) is 2.53. The number of pyridine rings is 1. The van der Waals surface area contributed by atoms with Gasteiger partial charge in [-0.05, 0) is 30.5 Å². The molecule has 1 amide bonds. The van der Waals surface area contributed by atoms with Crippen molar-refractivity contribution >= 4 is 28.4 Å². The SMILES string of the molecule is Cc1cn(C)c(=O)c2c(C(=O)N3CCC4(c5ccccc5Cl)C(C3)C4(F)F)cn(C)c12. The van der Waals surface area contributed by atoms with Crippen LogP contribution in [-0.2, 0) is 19.5 Å². The lowest BCUT2D eigenvalue weighted by Crippen LogP contribution is -2.40. The van der Waals surface area contributed by atoms with Crippen LogP contribution in [0.4, 0.5) is 8.78 Å². The fraction of sp³-hybridized carbons (Fsp3) is 0.391. The van der Waals surface area contributed by atoms with Crippen LogP contribution in [0.5, 0.6) is 0 Å². The molecule has 0 radical (unpaired) electrons. The van der Waals surface area contributed by atoms with Gasteiger partial charge in [-0.1, -0.05) is 29.8 Å². The summed E-state index contributed by atoms with van der Waals surface area (Å²) in [5, 5.41) is 0.665. The largest absolute Gasteiger partial charge is 0.349 e. The average molecular weight is 446 g/mol. The maximum absolute atomic E-state index is 15.0. The summed E-state index contributed by atoms with van der Waals surface area (Å²) in [6.45, 7) is 1.98. The first-order valence-electron chi connectivity index (χ1n) is 10.2. The van der Waals surface area contributed by atoms with Gasteiger partial charge in [0.15, 0.2) is 0 Å². The minimum atomic E-state index is -2.93. The number of aromatic nitrogens is 2. The smallest absolute Gasteiger partial charge is 0.263 e. The lowest BCUT2D eigenvalue weighted by molar-refractivity contribution is 0.0691. The zero-order chi connectivity index (χ0) is 22.3. The molecule has 1 aliphatic heterocycles. The zero-order valence-corrected chi connectivity index (χ0v) is 18.2. The first kappa shape index (κ1) is 20.2. The highest BCUT2D eigenvalue weighted by Crippen LogP contribution is 2.71.